The highest BCUT2D eigenvalue weighted by atomic mass is 16.5. The lowest BCUT2D eigenvalue weighted by Crippen LogP contribution is -2.36. The first-order chi connectivity index (χ1) is 23.2. The Bertz CT molecular complexity index is 1660. The Morgan fingerprint density at radius 1 is 0.896 bits per heavy atom. The first-order valence-electron chi connectivity index (χ1n) is 15.7. The van der Waals surface area contributed by atoms with Gasteiger partial charge in [0, 0.05) is 50.3 Å². The van der Waals surface area contributed by atoms with Crippen LogP contribution in [0.5, 0.6) is 11.5 Å². The topological polar surface area (TPSA) is 130 Å². The summed E-state index contributed by atoms with van der Waals surface area (Å²) in [5.74, 6) is 1.24. The lowest BCUT2D eigenvalue weighted by Gasteiger charge is -2.32. The van der Waals surface area contributed by atoms with E-state index in [1.54, 1.807) is 68.6 Å². The number of hydrogen-bond donors (Lipinski definition) is 2. The van der Waals surface area contributed by atoms with E-state index in [9.17, 15) is 14.7 Å². The van der Waals surface area contributed by atoms with Crippen LogP contribution in [-0.4, -0.2) is 91.4 Å². The van der Waals surface area contributed by atoms with Crippen molar-refractivity contribution in [3.05, 3.63) is 101 Å². The molecule has 0 radical (unpaired) electrons. The summed E-state index contributed by atoms with van der Waals surface area (Å²) in [6, 6.07) is 20.4. The van der Waals surface area contributed by atoms with E-state index in [1.165, 1.54) is 24.3 Å². The highest BCUT2D eigenvalue weighted by Gasteiger charge is 2.33. The van der Waals surface area contributed by atoms with Crippen LogP contribution < -0.4 is 19.7 Å². The van der Waals surface area contributed by atoms with Gasteiger partial charge in [0.05, 0.1) is 26.9 Å². The summed E-state index contributed by atoms with van der Waals surface area (Å²) in [4.78, 5) is 40.3. The number of nitrogens with zero attached hydrogens (tertiary/aromatic N) is 5. The SMILES string of the molecule is CCN(CC)CCN(C)C(=O)c1ccc(Nc2nccc(N(C(=O)O)C(c3ccccc3COC)c3cc(OC)ccc3OC)n2)cc1. The van der Waals surface area contributed by atoms with Crippen molar-refractivity contribution in [2.45, 2.75) is 26.5 Å². The number of aromatic nitrogens is 2. The van der Waals surface area contributed by atoms with E-state index in [2.05, 4.69) is 34.0 Å². The fourth-order valence-electron chi connectivity index (χ4n) is 5.45. The molecule has 0 fully saturated rings. The molecule has 0 saturated carbocycles. The van der Waals surface area contributed by atoms with Gasteiger partial charge in [0.2, 0.25) is 5.95 Å². The number of benzene rings is 3. The number of carboxylic acid groups (broad SMARTS) is 1. The standard InChI is InChI=1S/C36H44N6O6/c1-7-41(8-2)22-21-40(3)34(43)25-13-15-27(16-14-25)38-35-37-20-19-32(39-35)42(36(44)45)33(29-12-10-9-11-26(29)24-46-4)30-23-28(47-5)17-18-31(30)48-6/h9-20,23,33H,7-8,21-22,24H2,1-6H3,(H,44,45)(H,37,38,39). The Morgan fingerprint density at radius 3 is 2.27 bits per heavy atom. The maximum absolute atomic E-state index is 13.2. The first-order valence-corrected chi connectivity index (χ1v) is 15.7. The van der Waals surface area contributed by atoms with Crippen LogP contribution in [0.2, 0.25) is 0 Å². The van der Waals surface area contributed by atoms with Crippen molar-refractivity contribution >= 4 is 29.5 Å². The van der Waals surface area contributed by atoms with E-state index in [1.807, 2.05) is 24.3 Å². The zero-order valence-corrected chi connectivity index (χ0v) is 28.3. The van der Waals surface area contributed by atoms with Gasteiger partial charge in [-0.25, -0.2) is 14.7 Å². The van der Waals surface area contributed by atoms with Gasteiger partial charge in [-0.3, -0.25) is 4.79 Å². The van der Waals surface area contributed by atoms with Crippen molar-refractivity contribution in [3.8, 4) is 11.5 Å². The monoisotopic (exact) mass is 656 g/mol. The molecule has 0 spiro atoms. The molecule has 0 aliphatic rings. The second kappa shape index (κ2) is 17.1. The molecular weight excluding hydrogens is 612 g/mol. The minimum Gasteiger partial charge on any atom is -0.497 e. The molecule has 48 heavy (non-hydrogen) atoms. The molecule has 12 nitrogen and oxygen atoms in total. The zero-order valence-electron chi connectivity index (χ0n) is 28.3. The highest BCUT2D eigenvalue weighted by Crippen LogP contribution is 2.40. The summed E-state index contributed by atoms with van der Waals surface area (Å²) in [7, 11) is 6.46. The minimum absolute atomic E-state index is 0.0724. The van der Waals surface area contributed by atoms with Gasteiger partial charge in [0.15, 0.2) is 0 Å². The van der Waals surface area contributed by atoms with Crippen LogP contribution in [0.15, 0.2) is 79.0 Å². The third-order valence-corrected chi connectivity index (χ3v) is 8.11. The average Bonchev–Trinajstić information content (AvgIpc) is 3.11. The Labute approximate surface area is 281 Å². The molecule has 0 bridgehead atoms. The van der Waals surface area contributed by atoms with E-state index in [-0.39, 0.29) is 24.3 Å². The minimum atomic E-state index is -1.24. The molecule has 1 unspecified atom stereocenters. The van der Waals surface area contributed by atoms with Crippen molar-refractivity contribution in [1.82, 2.24) is 19.8 Å². The van der Waals surface area contributed by atoms with Crippen molar-refractivity contribution in [2.24, 2.45) is 0 Å². The number of carbonyl (C=O) groups excluding carboxylic acids is 1. The van der Waals surface area contributed by atoms with Gasteiger partial charge in [0.1, 0.15) is 17.3 Å². The highest BCUT2D eigenvalue weighted by molar-refractivity contribution is 5.94. The summed E-state index contributed by atoms with van der Waals surface area (Å²) < 4.78 is 16.7. The molecule has 1 atom stereocenters. The number of rotatable bonds is 16. The third-order valence-electron chi connectivity index (χ3n) is 8.11. The van der Waals surface area contributed by atoms with Gasteiger partial charge in [-0.15, -0.1) is 0 Å². The van der Waals surface area contributed by atoms with Crippen molar-refractivity contribution in [1.29, 1.82) is 0 Å². The van der Waals surface area contributed by atoms with Gasteiger partial charge >= 0.3 is 6.09 Å². The molecule has 2 amide bonds. The molecule has 4 rings (SSSR count). The number of ether oxygens (including phenoxy) is 3. The fraction of sp³-hybridized carbons (Fsp3) is 0.333. The molecule has 12 heteroatoms. The summed E-state index contributed by atoms with van der Waals surface area (Å²) in [5, 5.41) is 13.9. The van der Waals surface area contributed by atoms with E-state index >= 15 is 0 Å². The van der Waals surface area contributed by atoms with Crippen LogP contribution in [0.1, 0.15) is 46.9 Å². The fourth-order valence-corrected chi connectivity index (χ4v) is 5.45. The molecule has 4 aromatic rings. The van der Waals surface area contributed by atoms with Crippen molar-refractivity contribution in [3.63, 3.8) is 0 Å². The molecule has 1 heterocycles. The van der Waals surface area contributed by atoms with Crippen LogP contribution in [0.25, 0.3) is 0 Å². The van der Waals surface area contributed by atoms with Gasteiger partial charge in [0.25, 0.3) is 5.91 Å². The first kappa shape index (κ1) is 35.7. The molecular formula is C36H44N6O6. The second-order valence-electron chi connectivity index (χ2n) is 11.0. The lowest BCUT2D eigenvalue weighted by atomic mass is 9.92. The number of anilines is 3. The molecule has 254 valence electrons. The number of hydrogen-bond acceptors (Lipinski definition) is 9. The molecule has 0 aliphatic heterocycles. The smallest absolute Gasteiger partial charge is 0.413 e. The average molecular weight is 657 g/mol. The lowest BCUT2D eigenvalue weighted by molar-refractivity contribution is 0.0779. The summed E-state index contributed by atoms with van der Waals surface area (Å²) in [6.45, 7) is 7.76. The van der Waals surface area contributed by atoms with E-state index in [0.717, 1.165) is 25.2 Å². The zero-order chi connectivity index (χ0) is 34.6. The molecule has 2 N–H and O–H groups in total. The number of likely N-dealkylation sites (N-methyl/N-ethyl adjacent to an activating group) is 2. The maximum atomic E-state index is 13.2. The van der Waals surface area contributed by atoms with Crippen LogP contribution in [-0.2, 0) is 11.3 Å². The van der Waals surface area contributed by atoms with Gasteiger partial charge in [-0.1, -0.05) is 38.1 Å². The van der Waals surface area contributed by atoms with Crippen molar-refractivity contribution in [2.75, 3.05) is 64.8 Å². The Balaban J connectivity index is 1.67. The van der Waals surface area contributed by atoms with E-state index in [4.69, 9.17) is 14.2 Å². The van der Waals surface area contributed by atoms with E-state index in [0.29, 0.717) is 40.4 Å². The summed E-state index contributed by atoms with van der Waals surface area (Å²) >= 11 is 0. The molecule has 3 aromatic carbocycles. The number of nitrogens with one attached hydrogen (secondary N) is 1. The van der Waals surface area contributed by atoms with Crippen LogP contribution in [0, 0.1) is 0 Å². The Kier molecular flexibility index (Phi) is 12.7. The quantitative estimate of drug-likeness (QED) is 0.147. The normalized spacial score (nSPS) is 11.6. The van der Waals surface area contributed by atoms with Gasteiger partial charge in [-0.05, 0) is 72.7 Å². The Morgan fingerprint density at radius 2 is 1.62 bits per heavy atom. The molecule has 0 aliphatic carbocycles. The van der Waals surface area contributed by atoms with Crippen molar-refractivity contribution < 1.29 is 28.9 Å². The largest absolute Gasteiger partial charge is 0.497 e. The predicted octanol–water partition coefficient (Wildman–Crippen LogP) is 6.07. The van der Waals surface area contributed by atoms with Gasteiger partial charge < -0.3 is 34.4 Å². The van der Waals surface area contributed by atoms with Crippen LogP contribution in [0.3, 0.4) is 0 Å². The maximum Gasteiger partial charge on any atom is 0.413 e. The van der Waals surface area contributed by atoms with E-state index < -0.39 is 12.1 Å². The predicted molar refractivity (Wildman–Crippen MR) is 186 cm³/mol. The molecule has 1 aromatic heterocycles. The van der Waals surface area contributed by atoms with Crippen LogP contribution in [0.4, 0.5) is 22.2 Å². The second-order valence-corrected chi connectivity index (χ2v) is 11.0. The number of amides is 2. The van der Waals surface area contributed by atoms with Gasteiger partial charge in [-0.2, -0.15) is 4.98 Å². The number of carbonyl (C=O) groups is 2. The third kappa shape index (κ3) is 8.58. The summed E-state index contributed by atoms with van der Waals surface area (Å²) in [6.07, 6.45) is 0.249. The summed E-state index contributed by atoms with van der Waals surface area (Å²) in [5.41, 5.74) is 3.22. The Hall–Kier alpha value is -5.20. The van der Waals surface area contributed by atoms with Crippen LogP contribution >= 0.6 is 0 Å². The number of methoxy groups -OCH3 is 3. The molecule has 0 saturated heterocycles.